The van der Waals surface area contributed by atoms with Gasteiger partial charge in [-0.3, -0.25) is 9.58 Å². The fourth-order valence-electron chi connectivity index (χ4n) is 1.81. The van der Waals surface area contributed by atoms with Gasteiger partial charge in [0.2, 0.25) is 0 Å². The summed E-state index contributed by atoms with van der Waals surface area (Å²) in [6.07, 6.45) is 0.837. The van der Waals surface area contributed by atoms with Crippen molar-refractivity contribution >= 4 is 28.8 Å². The average Bonchev–Trinajstić information content (AvgIpc) is 2.54. The molecule has 18 heavy (non-hydrogen) atoms. The van der Waals surface area contributed by atoms with Gasteiger partial charge in [0, 0.05) is 26.2 Å². The fraction of sp³-hybridized carbons (Fsp3) is 0.667. The van der Waals surface area contributed by atoms with Crippen LogP contribution < -0.4 is 5.73 Å². The molecule has 0 aliphatic rings. The third kappa shape index (κ3) is 3.67. The Morgan fingerprint density at radius 2 is 2.17 bits per heavy atom. The summed E-state index contributed by atoms with van der Waals surface area (Å²) in [7, 11) is 1.92. The van der Waals surface area contributed by atoms with Crippen LogP contribution >= 0.6 is 23.8 Å². The molecule has 1 rings (SSSR count). The Morgan fingerprint density at radius 1 is 1.56 bits per heavy atom. The summed E-state index contributed by atoms with van der Waals surface area (Å²) < 4.78 is 1.84. The molecular formula is C12H21ClN4S. The predicted molar refractivity (Wildman–Crippen MR) is 79.9 cm³/mol. The molecule has 1 aromatic heterocycles. The average molecular weight is 289 g/mol. The molecule has 1 heterocycles. The van der Waals surface area contributed by atoms with Gasteiger partial charge in [-0.05, 0) is 20.3 Å². The molecule has 0 atom stereocenters. The number of thiocarbonyl (C=S) groups is 1. The minimum absolute atomic E-state index is 0.350. The van der Waals surface area contributed by atoms with Crippen LogP contribution in [0.15, 0.2) is 0 Å². The van der Waals surface area contributed by atoms with Crippen molar-refractivity contribution in [3.8, 4) is 0 Å². The Labute approximate surface area is 119 Å². The fourth-order valence-corrected chi connectivity index (χ4v) is 2.32. The van der Waals surface area contributed by atoms with Gasteiger partial charge in [-0.2, -0.15) is 5.10 Å². The van der Waals surface area contributed by atoms with E-state index in [9.17, 15) is 0 Å². The van der Waals surface area contributed by atoms with Gasteiger partial charge >= 0.3 is 0 Å². The number of halogens is 1. The monoisotopic (exact) mass is 288 g/mol. The van der Waals surface area contributed by atoms with E-state index in [1.807, 2.05) is 18.7 Å². The third-order valence-corrected chi connectivity index (χ3v) is 3.51. The Morgan fingerprint density at radius 3 is 2.56 bits per heavy atom. The first-order chi connectivity index (χ1) is 8.36. The van der Waals surface area contributed by atoms with Crippen LogP contribution in [0.3, 0.4) is 0 Å². The maximum atomic E-state index is 6.34. The Hall–Kier alpha value is -0.650. The van der Waals surface area contributed by atoms with Crippen molar-refractivity contribution in [3.05, 3.63) is 16.4 Å². The van der Waals surface area contributed by atoms with E-state index < -0.39 is 0 Å². The van der Waals surface area contributed by atoms with Crippen LogP contribution in [0.2, 0.25) is 5.02 Å². The predicted octanol–water partition coefficient (Wildman–Crippen LogP) is 2.13. The summed E-state index contributed by atoms with van der Waals surface area (Å²) in [5, 5.41) is 5.17. The molecule has 0 aromatic carbocycles. The molecule has 0 spiro atoms. The highest BCUT2D eigenvalue weighted by atomic mass is 35.5. The summed E-state index contributed by atoms with van der Waals surface area (Å²) in [5.41, 5.74) is 7.58. The standard InChI is InChI=1S/C12H21ClN4S/c1-5-9-12(13)10(16(4)15-9)6-17(8(2)3)7-11(14)18/h8H,5-7H2,1-4H3,(H2,14,18). The van der Waals surface area contributed by atoms with Crippen molar-refractivity contribution < 1.29 is 0 Å². The summed E-state index contributed by atoms with van der Waals surface area (Å²) in [6, 6.07) is 0.350. The molecule has 0 saturated heterocycles. The zero-order chi connectivity index (χ0) is 13.9. The quantitative estimate of drug-likeness (QED) is 0.815. The van der Waals surface area contributed by atoms with Crippen LogP contribution in [-0.2, 0) is 20.0 Å². The zero-order valence-electron chi connectivity index (χ0n) is 11.4. The van der Waals surface area contributed by atoms with Crippen LogP contribution in [0.5, 0.6) is 0 Å². The number of rotatable bonds is 6. The Balaban J connectivity index is 2.93. The first-order valence-corrected chi connectivity index (χ1v) is 6.88. The number of hydrogen-bond donors (Lipinski definition) is 1. The van der Waals surface area contributed by atoms with Crippen LogP contribution in [0.1, 0.15) is 32.2 Å². The minimum atomic E-state index is 0.350. The lowest BCUT2D eigenvalue weighted by Gasteiger charge is -2.25. The zero-order valence-corrected chi connectivity index (χ0v) is 13.0. The Kier molecular flexibility index (Phi) is 5.56. The number of aryl methyl sites for hydroxylation is 2. The highest BCUT2D eigenvalue weighted by Crippen LogP contribution is 2.22. The highest BCUT2D eigenvalue weighted by Gasteiger charge is 2.18. The van der Waals surface area contributed by atoms with Crippen LogP contribution in [0.25, 0.3) is 0 Å². The minimum Gasteiger partial charge on any atom is -0.392 e. The number of hydrogen-bond acceptors (Lipinski definition) is 3. The highest BCUT2D eigenvalue weighted by molar-refractivity contribution is 7.80. The largest absolute Gasteiger partial charge is 0.392 e. The van der Waals surface area contributed by atoms with Gasteiger partial charge in [-0.25, -0.2) is 0 Å². The van der Waals surface area contributed by atoms with E-state index >= 15 is 0 Å². The van der Waals surface area contributed by atoms with Crippen LogP contribution in [0.4, 0.5) is 0 Å². The number of nitrogens with zero attached hydrogens (tertiary/aromatic N) is 3. The van der Waals surface area contributed by atoms with Gasteiger partial charge in [-0.15, -0.1) is 0 Å². The van der Waals surface area contributed by atoms with E-state index in [-0.39, 0.29) is 0 Å². The third-order valence-electron chi connectivity index (χ3n) is 2.95. The summed E-state index contributed by atoms with van der Waals surface area (Å²) in [4.78, 5) is 2.68. The van der Waals surface area contributed by atoms with Gasteiger partial charge in [0.15, 0.2) is 0 Å². The first-order valence-electron chi connectivity index (χ1n) is 6.09. The maximum absolute atomic E-state index is 6.34. The lowest BCUT2D eigenvalue weighted by molar-refractivity contribution is 0.239. The van der Waals surface area contributed by atoms with Gasteiger partial charge in [-0.1, -0.05) is 30.7 Å². The van der Waals surface area contributed by atoms with Crippen LogP contribution in [0, 0.1) is 0 Å². The molecule has 0 bridgehead atoms. The van der Waals surface area contributed by atoms with Crippen molar-refractivity contribution in [1.82, 2.24) is 14.7 Å². The molecular weight excluding hydrogens is 268 g/mol. The Bertz CT molecular complexity index is 428. The molecule has 0 fully saturated rings. The summed E-state index contributed by atoms with van der Waals surface area (Å²) in [6.45, 7) is 7.58. The van der Waals surface area contributed by atoms with Crippen molar-refractivity contribution in [1.29, 1.82) is 0 Å². The van der Waals surface area contributed by atoms with Crippen molar-refractivity contribution in [2.75, 3.05) is 6.54 Å². The molecule has 0 unspecified atom stereocenters. The smallest absolute Gasteiger partial charge is 0.0870 e. The SMILES string of the molecule is CCc1nn(C)c(CN(CC(N)=S)C(C)C)c1Cl. The van der Waals surface area contributed by atoms with Crippen LogP contribution in [-0.4, -0.2) is 32.3 Å². The van der Waals surface area contributed by atoms with Gasteiger partial charge in [0.05, 0.1) is 21.4 Å². The second-order valence-corrected chi connectivity index (χ2v) is 5.55. The molecule has 102 valence electrons. The molecule has 0 amide bonds. The van der Waals surface area contributed by atoms with E-state index in [4.69, 9.17) is 29.6 Å². The maximum Gasteiger partial charge on any atom is 0.0870 e. The van der Waals surface area contributed by atoms with Crippen molar-refractivity contribution in [2.24, 2.45) is 12.8 Å². The summed E-state index contributed by atoms with van der Waals surface area (Å²) in [5.74, 6) is 0. The van der Waals surface area contributed by atoms with E-state index in [0.717, 1.165) is 22.8 Å². The van der Waals surface area contributed by atoms with E-state index in [1.165, 1.54) is 0 Å². The molecule has 0 saturated carbocycles. The topological polar surface area (TPSA) is 47.1 Å². The lowest BCUT2D eigenvalue weighted by Crippen LogP contribution is -2.37. The molecule has 4 nitrogen and oxygen atoms in total. The molecule has 2 N–H and O–H groups in total. The normalized spacial score (nSPS) is 11.5. The number of nitrogens with two attached hydrogens (primary N) is 1. The molecule has 0 aliphatic carbocycles. The van der Waals surface area contributed by atoms with E-state index in [2.05, 4.69) is 23.8 Å². The van der Waals surface area contributed by atoms with Gasteiger partial charge < -0.3 is 5.73 Å². The molecule has 6 heteroatoms. The summed E-state index contributed by atoms with van der Waals surface area (Å²) >= 11 is 11.3. The second kappa shape index (κ2) is 6.50. The van der Waals surface area contributed by atoms with E-state index in [1.54, 1.807) is 0 Å². The first kappa shape index (κ1) is 15.4. The second-order valence-electron chi connectivity index (χ2n) is 4.65. The molecule has 0 radical (unpaired) electrons. The molecule has 0 aliphatic heterocycles. The lowest BCUT2D eigenvalue weighted by atomic mass is 10.2. The van der Waals surface area contributed by atoms with Crippen molar-refractivity contribution in [2.45, 2.75) is 39.8 Å². The van der Waals surface area contributed by atoms with Crippen molar-refractivity contribution in [3.63, 3.8) is 0 Å². The molecule has 1 aromatic rings. The van der Waals surface area contributed by atoms with E-state index in [0.29, 0.717) is 24.1 Å². The number of aromatic nitrogens is 2. The van der Waals surface area contributed by atoms with Gasteiger partial charge in [0.25, 0.3) is 0 Å². The van der Waals surface area contributed by atoms with Gasteiger partial charge in [0.1, 0.15) is 0 Å².